The van der Waals surface area contributed by atoms with Gasteiger partial charge in [-0.2, -0.15) is 0 Å². The number of guanidine groups is 1. The fourth-order valence-corrected chi connectivity index (χ4v) is 3.44. The van der Waals surface area contributed by atoms with Crippen molar-refractivity contribution in [2.45, 2.75) is 78.7 Å². The number of nitrogens with zero attached hydrogens (tertiary/aromatic N) is 2. The minimum absolute atomic E-state index is 0.101. The SMILES string of the molecule is CN=C(NCCCCCCC(=O)OC(C)(C)C)NCCc1nc(C)c(C)s1. The second-order valence-electron chi connectivity index (χ2n) is 7.68. The molecule has 0 saturated heterocycles. The quantitative estimate of drug-likeness (QED) is 0.273. The van der Waals surface area contributed by atoms with Gasteiger partial charge in [0.25, 0.3) is 0 Å². The number of hydrogen-bond acceptors (Lipinski definition) is 5. The third-order valence-corrected chi connectivity index (χ3v) is 5.08. The van der Waals surface area contributed by atoms with Crippen LogP contribution in [0.5, 0.6) is 0 Å². The van der Waals surface area contributed by atoms with Crippen molar-refractivity contribution in [1.82, 2.24) is 15.6 Å². The lowest BCUT2D eigenvalue weighted by Gasteiger charge is -2.19. The van der Waals surface area contributed by atoms with Gasteiger partial charge in [-0.25, -0.2) is 4.98 Å². The zero-order chi connectivity index (χ0) is 20.3. The number of aromatic nitrogens is 1. The molecule has 6 nitrogen and oxygen atoms in total. The molecular weight excluding hydrogens is 360 g/mol. The molecule has 27 heavy (non-hydrogen) atoms. The summed E-state index contributed by atoms with van der Waals surface area (Å²) in [7, 11) is 1.79. The van der Waals surface area contributed by atoms with Gasteiger partial charge in [0.2, 0.25) is 0 Å². The number of ether oxygens (including phenoxy) is 1. The van der Waals surface area contributed by atoms with Crippen LogP contribution in [0.25, 0.3) is 0 Å². The van der Waals surface area contributed by atoms with Gasteiger partial charge in [-0.3, -0.25) is 9.79 Å². The van der Waals surface area contributed by atoms with E-state index in [0.717, 1.165) is 61.9 Å². The van der Waals surface area contributed by atoms with E-state index < -0.39 is 0 Å². The Morgan fingerprint density at radius 3 is 2.37 bits per heavy atom. The molecule has 0 amide bonds. The van der Waals surface area contributed by atoms with Gasteiger partial charge in [-0.1, -0.05) is 12.8 Å². The second-order valence-corrected chi connectivity index (χ2v) is 8.96. The van der Waals surface area contributed by atoms with Crippen LogP contribution in [0, 0.1) is 13.8 Å². The average Bonchev–Trinajstić information content (AvgIpc) is 2.88. The van der Waals surface area contributed by atoms with E-state index in [4.69, 9.17) is 4.74 Å². The van der Waals surface area contributed by atoms with Gasteiger partial charge in [0.1, 0.15) is 5.60 Å². The zero-order valence-corrected chi connectivity index (χ0v) is 18.6. The van der Waals surface area contributed by atoms with Crippen LogP contribution in [0.3, 0.4) is 0 Å². The molecule has 0 spiro atoms. The standard InChI is InChI=1S/C20H36N4O2S/c1-15-16(2)27-17(24-15)12-14-23-19(21-6)22-13-10-8-7-9-11-18(25)26-20(3,4)5/h7-14H2,1-6H3,(H2,21,22,23). The maximum absolute atomic E-state index is 11.6. The number of unbranched alkanes of at least 4 members (excludes halogenated alkanes) is 3. The van der Waals surface area contributed by atoms with Gasteiger partial charge in [-0.05, 0) is 47.5 Å². The number of rotatable bonds is 10. The Bertz CT molecular complexity index is 586. The largest absolute Gasteiger partial charge is 0.460 e. The van der Waals surface area contributed by atoms with Crippen molar-refractivity contribution < 1.29 is 9.53 Å². The van der Waals surface area contributed by atoms with E-state index in [1.165, 1.54) is 4.88 Å². The molecule has 0 unspecified atom stereocenters. The van der Waals surface area contributed by atoms with Crippen molar-refractivity contribution in [3.63, 3.8) is 0 Å². The Balaban J connectivity index is 2.06. The monoisotopic (exact) mass is 396 g/mol. The topological polar surface area (TPSA) is 75.6 Å². The van der Waals surface area contributed by atoms with Crippen molar-refractivity contribution in [3.8, 4) is 0 Å². The first-order valence-corrected chi connectivity index (χ1v) is 10.6. The molecule has 2 N–H and O–H groups in total. The van der Waals surface area contributed by atoms with Crippen LogP contribution in [-0.4, -0.2) is 42.7 Å². The van der Waals surface area contributed by atoms with Gasteiger partial charge in [0.15, 0.2) is 5.96 Å². The maximum Gasteiger partial charge on any atom is 0.306 e. The van der Waals surface area contributed by atoms with E-state index in [-0.39, 0.29) is 11.6 Å². The lowest BCUT2D eigenvalue weighted by atomic mass is 10.1. The van der Waals surface area contributed by atoms with E-state index >= 15 is 0 Å². The highest BCUT2D eigenvalue weighted by atomic mass is 32.1. The van der Waals surface area contributed by atoms with Gasteiger partial charge >= 0.3 is 5.97 Å². The fraction of sp³-hybridized carbons (Fsp3) is 0.750. The molecule has 1 rings (SSSR count). The first-order chi connectivity index (χ1) is 12.7. The molecule has 154 valence electrons. The lowest BCUT2D eigenvalue weighted by Crippen LogP contribution is -2.38. The van der Waals surface area contributed by atoms with Crippen LogP contribution < -0.4 is 10.6 Å². The predicted molar refractivity (Wildman–Crippen MR) is 114 cm³/mol. The van der Waals surface area contributed by atoms with Gasteiger partial charge in [0.05, 0.1) is 10.7 Å². The number of aliphatic imine (C=N–C) groups is 1. The molecule has 0 saturated carbocycles. The summed E-state index contributed by atoms with van der Waals surface area (Å²) in [6.07, 6.45) is 5.48. The highest BCUT2D eigenvalue weighted by molar-refractivity contribution is 7.11. The maximum atomic E-state index is 11.6. The third kappa shape index (κ3) is 11.0. The summed E-state index contributed by atoms with van der Waals surface area (Å²) in [5.41, 5.74) is 0.741. The molecule has 0 atom stereocenters. The highest BCUT2D eigenvalue weighted by Gasteiger charge is 2.15. The zero-order valence-electron chi connectivity index (χ0n) is 17.8. The van der Waals surface area contributed by atoms with Crippen molar-refractivity contribution in [2.24, 2.45) is 4.99 Å². The Hall–Kier alpha value is -1.63. The Labute approximate surface area is 168 Å². The van der Waals surface area contributed by atoms with Crippen molar-refractivity contribution in [2.75, 3.05) is 20.1 Å². The van der Waals surface area contributed by atoms with Crippen LogP contribution in [0.1, 0.15) is 68.5 Å². The Kier molecular flexibility index (Phi) is 10.4. The fourth-order valence-electron chi connectivity index (χ4n) is 2.50. The van der Waals surface area contributed by atoms with E-state index in [1.807, 2.05) is 20.8 Å². The van der Waals surface area contributed by atoms with Crippen LogP contribution in [0.4, 0.5) is 0 Å². The van der Waals surface area contributed by atoms with Crippen LogP contribution in [0.15, 0.2) is 4.99 Å². The summed E-state index contributed by atoms with van der Waals surface area (Å²) < 4.78 is 5.31. The smallest absolute Gasteiger partial charge is 0.306 e. The summed E-state index contributed by atoms with van der Waals surface area (Å²) in [6, 6.07) is 0. The summed E-state index contributed by atoms with van der Waals surface area (Å²) in [5.74, 6) is 0.726. The van der Waals surface area contributed by atoms with Crippen LogP contribution in [0.2, 0.25) is 0 Å². The number of hydrogen-bond donors (Lipinski definition) is 2. The summed E-state index contributed by atoms with van der Waals surface area (Å²) >= 11 is 1.76. The molecule has 0 fully saturated rings. The molecule has 0 aromatic carbocycles. The predicted octanol–water partition coefficient (Wildman–Crippen LogP) is 3.76. The minimum Gasteiger partial charge on any atom is -0.460 e. The number of carbonyl (C=O) groups excluding carboxylic acids is 1. The molecular formula is C20H36N4O2S. The number of esters is 1. The van der Waals surface area contributed by atoms with E-state index in [9.17, 15) is 4.79 Å². The number of thiazole rings is 1. The Morgan fingerprint density at radius 1 is 1.11 bits per heavy atom. The number of carbonyl (C=O) groups is 1. The van der Waals surface area contributed by atoms with Gasteiger partial charge < -0.3 is 15.4 Å². The van der Waals surface area contributed by atoms with E-state index in [1.54, 1.807) is 18.4 Å². The summed E-state index contributed by atoms with van der Waals surface area (Å²) in [6.45, 7) is 11.6. The first-order valence-electron chi connectivity index (χ1n) is 9.80. The molecule has 0 aliphatic carbocycles. The molecule has 1 aromatic rings. The van der Waals surface area contributed by atoms with Crippen LogP contribution in [-0.2, 0) is 16.0 Å². The molecule has 7 heteroatoms. The number of aryl methyl sites for hydroxylation is 2. The van der Waals surface area contributed by atoms with E-state index in [2.05, 4.69) is 34.5 Å². The molecule has 0 aliphatic heterocycles. The summed E-state index contributed by atoms with van der Waals surface area (Å²) in [5, 5.41) is 7.83. The molecule has 0 bridgehead atoms. The minimum atomic E-state index is -0.388. The number of nitrogens with one attached hydrogen (secondary N) is 2. The second kappa shape index (κ2) is 12.0. The summed E-state index contributed by atoms with van der Waals surface area (Å²) in [4.78, 5) is 21.7. The third-order valence-electron chi connectivity index (χ3n) is 3.95. The first kappa shape index (κ1) is 23.4. The van der Waals surface area contributed by atoms with Gasteiger partial charge in [0, 0.05) is 37.9 Å². The normalized spacial score (nSPS) is 12.1. The van der Waals surface area contributed by atoms with Crippen LogP contribution >= 0.6 is 11.3 Å². The average molecular weight is 397 g/mol. The molecule has 1 aromatic heterocycles. The van der Waals surface area contributed by atoms with Crippen molar-refractivity contribution >= 4 is 23.3 Å². The Morgan fingerprint density at radius 2 is 1.78 bits per heavy atom. The van der Waals surface area contributed by atoms with Crippen molar-refractivity contribution in [3.05, 3.63) is 15.6 Å². The van der Waals surface area contributed by atoms with E-state index in [0.29, 0.717) is 6.42 Å². The van der Waals surface area contributed by atoms with Gasteiger partial charge in [-0.15, -0.1) is 11.3 Å². The highest BCUT2D eigenvalue weighted by Crippen LogP contribution is 2.16. The molecule has 0 aliphatic rings. The molecule has 1 heterocycles. The van der Waals surface area contributed by atoms with Crippen molar-refractivity contribution in [1.29, 1.82) is 0 Å². The lowest BCUT2D eigenvalue weighted by molar-refractivity contribution is -0.154. The molecule has 0 radical (unpaired) electrons.